The molecule has 0 radical (unpaired) electrons. The van der Waals surface area contributed by atoms with E-state index >= 15 is 0 Å². The van der Waals surface area contributed by atoms with Crippen LogP contribution in [0.15, 0.2) is 70.3 Å². The van der Waals surface area contributed by atoms with Crippen molar-refractivity contribution in [3.8, 4) is 0 Å². The predicted molar refractivity (Wildman–Crippen MR) is 119 cm³/mol. The van der Waals surface area contributed by atoms with E-state index in [1.54, 1.807) is 41.8 Å². The molecule has 0 fully saturated rings. The smallest absolute Gasteiger partial charge is 0.253 e. The number of sulfonamides is 1. The Bertz CT molecular complexity index is 1220. The molecule has 3 aromatic rings. The number of nitrogens with one attached hydrogen (secondary N) is 2. The Morgan fingerprint density at radius 2 is 1.81 bits per heavy atom. The Balaban J connectivity index is 1.67. The molecular weight excluding hydrogens is 434 g/mol. The van der Waals surface area contributed by atoms with Crippen molar-refractivity contribution in [2.75, 3.05) is 12.4 Å². The van der Waals surface area contributed by atoms with Crippen LogP contribution in [-0.2, 0) is 27.8 Å². The van der Waals surface area contributed by atoms with Gasteiger partial charge in [-0.2, -0.15) is 4.31 Å². The molecule has 0 spiro atoms. The van der Waals surface area contributed by atoms with Crippen molar-refractivity contribution in [2.45, 2.75) is 23.2 Å². The van der Waals surface area contributed by atoms with E-state index in [9.17, 15) is 18.0 Å². The van der Waals surface area contributed by atoms with Crippen LogP contribution in [-0.4, -0.2) is 37.6 Å². The van der Waals surface area contributed by atoms with Gasteiger partial charge in [0.25, 0.3) is 15.9 Å². The van der Waals surface area contributed by atoms with E-state index in [4.69, 9.17) is 0 Å². The fourth-order valence-electron chi connectivity index (χ4n) is 3.61. The van der Waals surface area contributed by atoms with Crippen molar-refractivity contribution in [3.05, 3.63) is 82.7 Å². The summed E-state index contributed by atoms with van der Waals surface area (Å²) in [4.78, 5) is 25.1. The van der Waals surface area contributed by atoms with Gasteiger partial charge in [0.05, 0.1) is 0 Å². The average Bonchev–Trinajstić information content (AvgIpc) is 3.34. The fourth-order valence-corrected chi connectivity index (χ4v) is 6.29. The van der Waals surface area contributed by atoms with Crippen LogP contribution in [0.4, 0.5) is 5.69 Å². The first-order chi connectivity index (χ1) is 14.9. The molecule has 1 atom stereocenters. The SMILES string of the molecule is CNC(=O)c1cccc(NC(=O)C2Cc3ccccc3CN2S(=O)(=O)c2cccs2)c1. The van der Waals surface area contributed by atoms with Crippen molar-refractivity contribution in [2.24, 2.45) is 0 Å². The number of fused-ring (bicyclic) bond motifs is 1. The summed E-state index contributed by atoms with van der Waals surface area (Å²) in [5.74, 6) is -0.715. The molecule has 1 aromatic heterocycles. The Kier molecular flexibility index (Phi) is 5.90. The first kappa shape index (κ1) is 21.2. The second kappa shape index (κ2) is 8.62. The fraction of sp³-hybridized carbons (Fsp3) is 0.182. The summed E-state index contributed by atoms with van der Waals surface area (Å²) in [6, 6.07) is 16.4. The summed E-state index contributed by atoms with van der Waals surface area (Å²) in [7, 11) is -2.32. The number of hydrogen-bond acceptors (Lipinski definition) is 5. The van der Waals surface area contributed by atoms with Gasteiger partial charge in [-0.3, -0.25) is 9.59 Å². The van der Waals surface area contributed by atoms with Gasteiger partial charge >= 0.3 is 0 Å². The zero-order valence-electron chi connectivity index (χ0n) is 16.7. The highest BCUT2D eigenvalue weighted by atomic mass is 32.2. The quantitative estimate of drug-likeness (QED) is 0.618. The molecule has 2 heterocycles. The molecule has 160 valence electrons. The van der Waals surface area contributed by atoms with Crippen molar-refractivity contribution in [3.63, 3.8) is 0 Å². The van der Waals surface area contributed by atoms with Crippen LogP contribution >= 0.6 is 11.3 Å². The molecule has 7 nitrogen and oxygen atoms in total. The van der Waals surface area contributed by atoms with E-state index in [1.807, 2.05) is 24.3 Å². The van der Waals surface area contributed by atoms with Crippen LogP contribution in [0, 0.1) is 0 Å². The van der Waals surface area contributed by atoms with Crippen molar-refractivity contribution >= 4 is 38.9 Å². The van der Waals surface area contributed by atoms with Crippen molar-refractivity contribution in [1.82, 2.24) is 9.62 Å². The van der Waals surface area contributed by atoms with Crippen LogP contribution in [0.25, 0.3) is 0 Å². The second-order valence-electron chi connectivity index (χ2n) is 7.12. The third-order valence-corrected chi connectivity index (χ3v) is 8.41. The third kappa shape index (κ3) is 4.25. The summed E-state index contributed by atoms with van der Waals surface area (Å²) in [5, 5.41) is 7.03. The normalized spacial score (nSPS) is 16.4. The Morgan fingerprint density at radius 1 is 1.03 bits per heavy atom. The maximum atomic E-state index is 13.3. The number of carbonyl (C=O) groups excluding carboxylic acids is 2. The summed E-state index contributed by atoms with van der Waals surface area (Å²) >= 11 is 1.12. The first-order valence-corrected chi connectivity index (χ1v) is 12.0. The van der Waals surface area contributed by atoms with E-state index in [2.05, 4.69) is 10.6 Å². The van der Waals surface area contributed by atoms with E-state index < -0.39 is 22.0 Å². The molecule has 0 bridgehead atoms. The number of nitrogens with zero attached hydrogens (tertiary/aromatic N) is 1. The van der Waals surface area contributed by atoms with Crippen LogP contribution in [0.2, 0.25) is 0 Å². The highest BCUT2D eigenvalue weighted by molar-refractivity contribution is 7.91. The zero-order chi connectivity index (χ0) is 22.0. The maximum absolute atomic E-state index is 13.3. The molecule has 2 aromatic carbocycles. The van der Waals surface area contributed by atoms with Gasteiger partial charge in [0, 0.05) is 24.8 Å². The molecule has 0 aliphatic carbocycles. The lowest BCUT2D eigenvalue weighted by Crippen LogP contribution is -2.50. The number of thiophene rings is 1. The van der Waals surface area contributed by atoms with Gasteiger partial charge in [-0.1, -0.05) is 36.4 Å². The molecule has 0 saturated heterocycles. The summed E-state index contributed by atoms with van der Waals surface area (Å²) in [6.07, 6.45) is 0.266. The van der Waals surface area contributed by atoms with Crippen LogP contribution in [0.1, 0.15) is 21.5 Å². The molecule has 1 aliphatic heterocycles. The standard InChI is InChI=1S/C22H21N3O4S2/c1-23-21(26)16-8-4-9-18(12-16)24-22(27)19-13-15-6-2-3-7-17(15)14-25(19)31(28,29)20-10-5-11-30-20/h2-12,19H,13-14H2,1H3,(H,23,26)(H,24,27). The highest BCUT2D eigenvalue weighted by Crippen LogP contribution is 2.31. The highest BCUT2D eigenvalue weighted by Gasteiger charge is 2.40. The van der Waals surface area contributed by atoms with Crippen LogP contribution < -0.4 is 10.6 Å². The maximum Gasteiger partial charge on any atom is 0.253 e. The number of hydrogen-bond donors (Lipinski definition) is 2. The lowest BCUT2D eigenvalue weighted by Gasteiger charge is -2.34. The molecule has 2 N–H and O–H groups in total. The van der Waals surface area contributed by atoms with Gasteiger partial charge in [0.1, 0.15) is 10.3 Å². The Hall–Kier alpha value is -3.01. The monoisotopic (exact) mass is 455 g/mol. The van der Waals surface area contributed by atoms with Gasteiger partial charge in [-0.15, -0.1) is 11.3 Å². The Morgan fingerprint density at radius 3 is 2.52 bits per heavy atom. The molecular formula is C22H21N3O4S2. The molecule has 4 rings (SSSR count). The van der Waals surface area contributed by atoms with Crippen molar-refractivity contribution < 1.29 is 18.0 Å². The topological polar surface area (TPSA) is 95.6 Å². The molecule has 31 heavy (non-hydrogen) atoms. The first-order valence-electron chi connectivity index (χ1n) is 9.65. The number of carbonyl (C=O) groups is 2. The van der Waals surface area contributed by atoms with Gasteiger partial charge in [-0.25, -0.2) is 8.42 Å². The number of rotatable bonds is 5. The van der Waals surface area contributed by atoms with Gasteiger partial charge in [0.2, 0.25) is 5.91 Å². The van der Waals surface area contributed by atoms with Crippen molar-refractivity contribution in [1.29, 1.82) is 0 Å². The molecule has 9 heteroatoms. The van der Waals surface area contributed by atoms with Gasteiger partial charge < -0.3 is 10.6 Å². The lowest BCUT2D eigenvalue weighted by molar-refractivity contribution is -0.120. The number of amides is 2. The average molecular weight is 456 g/mol. The molecule has 1 unspecified atom stereocenters. The summed E-state index contributed by atoms with van der Waals surface area (Å²) in [5.41, 5.74) is 2.66. The van der Waals surface area contributed by atoms with E-state index in [0.717, 1.165) is 22.5 Å². The second-order valence-corrected chi connectivity index (χ2v) is 10.2. The predicted octanol–water partition coefficient (Wildman–Crippen LogP) is 2.86. The van der Waals surface area contributed by atoms with Gasteiger partial charge in [-0.05, 0) is 47.2 Å². The zero-order valence-corrected chi connectivity index (χ0v) is 18.4. The van der Waals surface area contributed by atoms with Gasteiger partial charge in [0.15, 0.2) is 0 Å². The summed E-state index contributed by atoms with van der Waals surface area (Å²) in [6.45, 7) is 0.118. The Labute approximate surface area is 184 Å². The van der Waals surface area contributed by atoms with Crippen LogP contribution in [0.3, 0.4) is 0 Å². The minimum absolute atomic E-state index is 0.118. The largest absolute Gasteiger partial charge is 0.355 e. The molecule has 2 amide bonds. The van der Waals surface area contributed by atoms with Crippen LogP contribution in [0.5, 0.6) is 0 Å². The third-order valence-electron chi connectivity index (χ3n) is 5.19. The van der Waals surface area contributed by atoms with E-state index in [1.165, 1.54) is 11.4 Å². The molecule has 0 saturated carbocycles. The minimum Gasteiger partial charge on any atom is -0.355 e. The number of benzene rings is 2. The minimum atomic E-state index is -3.85. The van der Waals surface area contributed by atoms with E-state index in [0.29, 0.717) is 11.3 Å². The molecule has 1 aliphatic rings. The van der Waals surface area contributed by atoms with E-state index in [-0.39, 0.29) is 23.1 Å². The lowest BCUT2D eigenvalue weighted by atomic mass is 9.95. The number of anilines is 1. The summed E-state index contributed by atoms with van der Waals surface area (Å²) < 4.78 is 28.1.